The molecule has 1 heterocycles. The smallest absolute Gasteiger partial charge is 0.434 e. The first-order chi connectivity index (χ1) is 4.83. The van der Waals surface area contributed by atoms with Gasteiger partial charge in [-0.1, -0.05) is 13.3 Å². The monoisotopic (exact) mass is 141 g/mol. The van der Waals surface area contributed by atoms with E-state index < -0.39 is 6.09 Å². The lowest BCUT2D eigenvalue weighted by atomic mass is 10.2. The van der Waals surface area contributed by atoms with Crippen LogP contribution < -0.4 is 0 Å². The summed E-state index contributed by atoms with van der Waals surface area (Å²) >= 11 is 0. The van der Waals surface area contributed by atoms with Crippen LogP contribution in [0, 0.1) is 0 Å². The number of amides is 1. The fourth-order valence-electron chi connectivity index (χ4n) is 0.873. The molecule has 0 fully saturated rings. The number of cyclic esters (lactones) is 1. The third kappa shape index (κ3) is 1.83. The van der Waals surface area contributed by atoms with Gasteiger partial charge in [0.1, 0.15) is 6.10 Å². The maximum absolute atomic E-state index is 10.4. The van der Waals surface area contributed by atoms with Crippen LogP contribution in [0.25, 0.3) is 0 Å². The largest absolute Gasteiger partial charge is 0.439 e. The number of hydrogen-bond donors (Lipinski definition) is 0. The molecule has 1 aliphatic rings. The Morgan fingerprint density at radius 3 is 3.10 bits per heavy atom. The molecule has 1 unspecified atom stereocenters. The molecule has 0 saturated carbocycles. The number of nitrogens with zero attached hydrogens (tertiary/aromatic N) is 1. The van der Waals surface area contributed by atoms with Gasteiger partial charge in [-0.15, -0.1) is 0 Å². The molecule has 0 bridgehead atoms. The van der Waals surface area contributed by atoms with Crippen molar-refractivity contribution in [2.75, 3.05) is 0 Å². The molecule has 0 N–H and O–H groups in total. The molecule has 3 heteroatoms. The van der Waals surface area contributed by atoms with Crippen molar-refractivity contribution in [1.82, 2.24) is 0 Å². The van der Waals surface area contributed by atoms with E-state index in [9.17, 15) is 4.79 Å². The molecule has 0 spiro atoms. The van der Waals surface area contributed by atoms with Crippen LogP contribution in [0.2, 0.25) is 0 Å². The fraction of sp³-hybridized carbons (Fsp3) is 0.714. The molecule has 1 amide bonds. The molecule has 10 heavy (non-hydrogen) atoms. The Morgan fingerprint density at radius 2 is 2.60 bits per heavy atom. The molecule has 0 aliphatic carbocycles. The van der Waals surface area contributed by atoms with Crippen LogP contribution in [-0.2, 0) is 4.74 Å². The first-order valence-corrected chi connectivity index (χ1v) is 3.57. The van der Waals surface area contributed by atoms with Crippen LogP contribution in [0.15, 0.2) is 4.99 Å². The van der Waals surface area contributed by atoms with Crippen molar-refractivity contribution in [2.24, 2.45) is 4.99 Å². The van der Waals surface area contributed by atoms with Crippen molar-refractivity contribution in [3.05, 3.63) is 0 Å². The predicted octanol–water partition coefficient (Wildman–Crippen LogP) is 1.77. The van der Waals surface area contributed by atoms with E-state index in [1.54, 1.807) is 6.21 Å². The lowest BCUT2D eigenvalue weighted by Gasteiger charge is -2.03. The number of carbonyl (C=O) groups excluding carboxylic acids is 1. The van der Waals surface area contributed by atoms with Crippen LogP contribution in [0.4, 0.5) is 4.79 Å². The fourth-order valence-corrected chi connectivity index (χ4v) is 0.873. The predicted molar refractivity (Wildman–Crippen MR) is 38.3 cm³/mol. The first-order valence-electron chi connectivity index (χ1n) is 3.57. The Kier molecular flexibility index (Phi) is 2.42. The van der Waals surface area contributed by atoms with E-state index in [1.807, 2.05) is 0 Å². The minimum Gasteiger partial charge on any atom is -0.439 e. The number of carbonyl (C=O) groups is 1. The van der Waals surface area contributed by atoms with E-state index in [-0.39, 0.29) is 6.10 Å². The SMILES string of the molecule is CCCCC1C=NC(=O)O1. The highest BCUT2D eigenvalue weighted by Gasteiger charge is 2.16. The van der Waals surface area contributed by atoms with Gasteiger partial charge >= 0.3 is 6.09 Å². The summed E-state index contributed by atoms with van der Waals surface area (Å²) in [5.41, 5.74) is 0. The van der Waals surface area contributed by atoms with Crippen molar-refractivity contribution >= 4 is 12.3 Å². The van der Waals surface area contributed by atoms with Crippen LogP contribution >= 0.6 is 0 Å². The Morgan fingerprint density at radius 1 is 1.80 bits per heavy atom. The Balaban J connectivity index is 2.20. The van der Waals surface area contributed by atoms with Gasteiger partial charge < -0.3 is 4.74 Å². The molecule has 1 aliphatic heterocycles. The molecular weight excluding hydrogens is 130 g/mol. The quantitative estimate of drug-likeness (QED) is 0.600. The maximum atomic E-state index is 10.4. The number of aliphatic imine (C=N–C) groups is 1. The van der Waals surface area contributed by atoms with Crippen LogP contribution in [0.5, 0.6) is 0 Å². The summed E-state index contributed by atoms with van der Waals surface area (Å²) < 4.78 is 4.80. The molecular formula is C7H11NO2. The highest BCUT2D eigenvalue weighted by molar-refractivity contribution is 5.87. The second kappa shape index (κ2) is 3.34. The lowest BCUT2D eigenvalue weighted by Crippen LogP contribution is -2.09. The maximum Gasteiger partial charge on any atom is 0.434 e. The number of rotatable bonds is 3. The Hall–Kier alpha value is -0.860. The number of hydrogen-bond acceptors (Lipinski definition) is 2. The standard InChI is InChI=1S/C7H11NO2/c1-2-3-4-6-5-8-7(9)10-6/h5-6H,2-4H2,1H3. The van der Waals surface area contributed by atoms with Crippen molar-refractivity contribution in [3.63, 3.8) is 0 Å². The third-order valence-electron chi connectivity index (χ3n) is 1.44. The number of ether oxygens (including phenoxy) is 1. The van der Waals surface area contributed by atoms with Gasteiger partial charge in [-0.2, -0.15) is 4.99 Å². The molecule has 0 aromatic rings. The zero-order chi connectivity index (χ0) is 7.40. The van der Waals surface area contributed by atoms with Crippen molar-refractivity contribution < 1.29 is 9.53 Å². The summed E-state index contributed by atoms with van der Waals surface area (Å²) in [6.07, 6.45) is 4.21. The first kappa shape index (κ1) is 7.25. The van der Waals surface area contributed by atoms with E-state index in [0.29, 0.717) is 0 Å². The Bertz CT molecular complexity index is 154. The van der Waals surface area contributed by atoms with Gasteiger partial charge in [-0.25, -0.2) is 4.79 Å². The second-order valence-corrected chi connectivity index (χ2v) is 2.34. The molecule has 0 aromatic carbocycles. The van der Waals surface area contributed by atoms with Gasteiger partial charge in [0.05, 0.1) is 6.21 Å². The topological polar surface area (TPSA) is 38.7 Å². The van der Waals surface area contributed by atoms with Gasteiger partial charge in [0.2, 0.25) is 0 Å². The van der Waals surface area contributed by atoms with E-state index in [1.165, 1.54) is 0 Å². The average molecular weight is 141 g/mol. The molecule has 3 nitrogen and oxygen atoms in total. The van der Waals surface area contributed by atoms with Crippen LogP contribution in [0.3, 0.4) is 0 Å². The second-order valence-electron chi connectivity index (χ2n) is 2.34. The highest BCUT2D eigenvalue weighted by atomic mass is 16.6. The van der Waals surface area contributed by atoms with E-state index >= 15 is 0 Å². The summed E-state index contributed by atoms with van der Waals surface area (Å²) in [5.74, 6) is 0. The zero-order valence-corrected chi connectivity index (χ0v) is 6.04. The van der Waals surface area contributed by atoms with E-state index in [2.05, 4.69) is 11.9 Å². The molecule has 0 aromatic heterocycles. The third-order valence-corrected chi connectivity index (χ3v) is 1.44. The molecule has 0 saturated heterocycles. The summed E-state index contributed by atoms with van der Waals surface area (Å²) in [4.78, 5) is 13.9. The van der Waals surface area contributed by atoms with Gasteiger partial charge in [-0.05, 0) is 12.8 Å². The highest BCUT2D eigenvalue weighted by Crippen LogP contribution is 2.08. The molecule has 1 atom stereocenters. The number of unbranched alkanes of at least 4 members (excludes halogenated alkanes) is 1. The lowest BCUT2D eigenvalue weighted by molar-refractivity contribution is 0.145. The van der Waals surface area contributed by atoms with E-state index in [0.717, 1.165) is 19.3 Å². The zero-order valence-electron chi connectivity index (χ0n) is 6.04. The average Bonchev–Trinajstić information content (AvgIpc) is 2.31. The van der Waals surface area contributed by atoms with Crippen LogP contribution in [-0.4, -0.2) is 18.4 Å². The van der Waals surface area contributed by atoms with E-state index in [4.69, 9.17) is 4.74 Å². The molecule has 0 radical (unpaired) electrons. The summed E-state index contributed by atoms with van der Waals surface area (Å²) in [7, 11) is 0. The van der Waals surface area contributed by atoms with Crippen molar-refractivity contribution in [2.45, 2.75) is 32.3 Å². The van der Waals surface area contributed by atoms with Crippen LogP contribution in [0.1, 0.15) is 26.2 Å². The molecule has 56 valence electrons. The summed E-state index contributed by atoms with van der Waals surface area (Å²) in [5, 5.41) is 0. The van der Waals surface area contributed by atoms with Gasteiger partial charge in [0.25, 0.3) is 0 Å². The Labute approximate surface area is 60.1 Å². The van der Waals surface area contributed by atoms with Gasteiger partial charge in [0.15, 0.2) is 0 Å². The van der Waals surface area contributed by atoms with Gasteiger partial charge in [0, 0.05) is 0 Å². The normalized spacial score (nSPS) is 23.3. The van der Waals surface area contributed by atoms with Gasteiger partial charge in [-0.3, -0.25) is 0 Å². The minimum absolute atomic E-state index is 0.0487. The van der Waals surface area contributed by atoms with Crippen molar-refractivity contribution in [1.29, 1.82) is 0 Å². The summed E-state index contributed by atoms with van der Waals surface area (Å²) in [6.45, 7) is 2.11. The molecule has 1 rings (SSSR count). The minimum atomic E-state index is -0.443. The van der Waals surface area contributed by atoms with Crippen molar-refractivity contribution in [3.8, 4) is 0 Å². The summed E-state index contributed by atoms with van der Waals surface area (Å²) in [6, 6.07) is 0.